The second-order valence-electron chi connectivity index (χ2n) is 4.01. The summed E-state index contributed by atoms with van der Waals surface area (Å²) in [5.74, 6) is -1.38. The van der Waals surface area contributed by atoms with E-state index < -0.39 is 23.6 Å². The number of carboxylic acid groups (broad SMARTS) is 1. The van der Waals surface area contributed by atoms with Gasteiger partial charge >= 0.3 is 12.0 Å². The Labute approximate surface area is 93.8 Å². The topological polar surface area (TPSA) is 108 Å². The van der Waals surface area contributed by atoms with E-state index in [4.69, 9.17) is 14.9 Å². The summed E-state index contributed by atoms with van der Waals surface area (Å²) in [6, 6.07) is -0.553. The Hall–Kier alpha value is -1.34. The Morgan fingerprint density at radius 1 is 1.44 bits per heavy atom. The summed E-state index contributed by atoms with van der Waals surface area (Å²) in [4.78, 5) is 21.5. The first-order chi connectivity index (χ1) is 7.28. The molecule has 0 saturated heterocycles. The van der Waals surface area contributed by atoms with E-state index in [1.165, 1.54) is 7.11 Å². The van der Waals surface area contributed by atoms with E-state index in [0.717, 1.165) is 0 Å². The van der Waals surface area contributed by atoms with Crippen molar-refractivity contribution in [2.24, 2.45) is 0 Å². The minimum Gasteiger partial charge on any atom is -0.479 e. The maximum Gasteiger partial charge on any atom is 0.334 e. The van der Waals surface area contributed by atoms with Gasteiger partial charge in [0, 0.05) is 7.11 Å². The fourth-order valence-corrected chi connectivity index (χ4v) is 1.03. The fraction of sp³-hybridized carbons (Fsp3) is 0.778. The third-order valence-electron chi connectivity index (χ3n) is 1.70. The van der Waals surface area contributed by atoms with Crippen molar-refractivity contribution >= 4 is 12.0 Å². The second kappa shape index (κ2) is 6.29. The highest BCUT2D eigenvalue weighted by molar-refractivity contribution is 5.77. The van der Waals surface area contributed by atoms with Crippen LogP contribution in [0, 0.1) is 0 Å². The normalized spacial score (nSPS) is 13.0. The molecule has 0 aliphatic rings. The molecular formula is C9H18N2O5. The molecule has 0 aromatic heterocycles. The summed E-state index contributed by atoms with van der Waals surface area (Å²) in [5, 5.41) is 22.1. The number of aliphatic hydroxyl groups is 1. The highest BCUT2D eigenvalue weighted by Gasteiger charge is 2.21. The van der Waals surface area contributed by atoms with E-state index >= 15 is 0 Å². The van der Waals surface area contributed by atoms with Gasteiger partial charge in [0.25, 0.3) is 0 Å². The van der Waals surface area contributed by atoms with Crippen LogP contribution in [0.25, 0.3) is 0 Å². The second-order valence-corrected chi connectivity index (χ2v) is 4.01. The molecule has 1 atom stereocenters. The van der Waals surface area contributed by atoms with Crippen LogP contribution in [-0.4, -0.2) is 54.1 Å². The lowest BCUT2D eigenvalue weighted by atomic mass is 10.1. The smallest absolute Gasteiger partial charge is 0.334 e. The van der Waals surface area contributed by atoms with Gasteiger partial charge in [-0.2, -0.15) is 0 Å². The Balaban J connectivity index is 3.95. The Morgan fingerprint density at radius 2 is 2.00 bits per heavy atom. The molecule has 0 aliphatic carbocycles. The third kappa shape index (κ3) is 6.20. The van der Waals surface area contributed by atoms with Crippen molar-refractivity contribution in [3.63, 3.8) is 0 Å². The van der Waals surface area contributed by atoms with Gasteiger partial charge < -0.3 is 25.6 Å². The molecular weight excluding hydrogens is 216 g/mol. The SMILES string of the molecule is COCC(C)(C)NC(=O)NC[C@H](O)C(=O)O. The lowest BCUT2D eigenvalue weighted by Crippen LogP contribution is -2.52. The monoisotopic (exact) mass is 234 g/mol. The summed E-state index contributed by atoms with van der Waals surface area (Å²) in [6.07, 6.45) is -1.60. The van der Waals surface area contributed by atoms with Crippen LogP contribution in [0.15, 0.2) is 0 Å². The van der Waals surface area contributed by atoms with Crippen molar-refractivity contribution in [1.29, 1.82) is 0 Å². The number of nitrogens with one attached hydrogen (secondary N) is 2. The average Bonchev–Trinajstić information content (AvgIpc) is 2.12. The summed E-state index contributed by atoms with van der Waals surface area (Å²) in [7, 11) is 1.51. The number of amides is 2. The van der Waals surface area contributed by atoms with Crippen molar-refractivity contribution in [2.45, 2.75) is 25.5 Å². The molecule has 7 heteroatoms. The van der Waals surface area contributed by atoms with E-state index in [-0.39, 0.29) is 6.54 Å². The molecule has 2 amide bonds. The zero-order chi connectivity index (χ0) is 12.8. The first-order valence-corrected chi connectivity index (χ1v) is 4.74. The number of aliphatic hydroxyl groups excluding tert-OH is 1. The predicted molar refractivity (Wildman–Crippen MR) is 56.1 cm³/mol. The van der Waals surface area contributed by atoms with Gasteiger partial charge in [-0.25, -0.2) is 9.59 Å². The van der Waals surface area contributed by atoms with E-state index in [9.17, 15) is 9.59 Å². The number of carbonyl (C=O) groups is 2. The van der Waals surface area contributed by atoms with E-state index in [0.29, 0.717) is 6.61 Å². The van der Waals surface area contributed by atoms with Crippen LogP contribution in [0.2, 0.25) is 0 Å². The van der Waals surface area contributed by atoms with Crippen molar-refractivity contribution < 1.29 is 24.5 Å². The molecule has 0 aromatic rings. The van der Waals surface area contributed by atoms with Crippen LogP contribution in [0.4, 0.5) is 4.79 Å². The average molecular weight is 234 g/mol. The highest BCUT2D eigenvalue weighted by atomic mass is 16.5. The lowest BCUT2D eigenvalue weighted by molar-refractivity contribution is -0.146. The van der Waals surface area contributed by atoms with E-state index in [1.54, 1.807) is 13.8 Å². The van der Waals surface area contributed by atoms with Crippen molar-refractivity contribution in [1.82, 2.24) is 10.6 Å². The number of methoxy groups -OCH3 is 1. The zero-order valence-electron chi connectivity index (χ0n) is 9.61. The Morgan fingerprint density at radius 3 is 2.44 bits per heavy atom. The summed E-state index contributed by atoms with van der Waals surface area (Å²) >= 11 is 0. The summed E-state index contributed by atoms with van der Waals surface area (Å²) in [6.45, 7) is 3.49. The van der Waals surface area contributed by atoms with Gasteiger partial charge in [-0.15, -0.1) is 0 Å². The van der Waals surface area contributed by atoms with Crippen molar-refractivity contribution in [3.05, 3.63) is 0 Å². The van der Waals surface area contributed by atoms with Crippen molar-refractivity contribution in [2.75, 3.05) is 20.3 Å². The molecule has 0 fully saturated rings. The number of urea groups is 1. The quantitative estimate of drug-likeness (QED) is 0.479. The van der Waals surface area contributed by atoms with Crippen LogP contribution >= 0.6 is 0 Å². The number of rotatable bonds is 6. The van der Waals surface area contributed by atoms with Gasteiger partial charge in [0.1, 0.15) is 0 Å². The third-order valence-corrected chi connectivity index (χ3v) is 1.70. The fourth-order valence-electron chi connectivity index (χ4n) is 1.03. The molecule has 0 saturated carbocycles. The summed E-state index contributed by atoms with van der Waals surface area (Å²) in [5.41, 5.74) is -0.562. The molecule has 0 aliphatic heterocycles. The van der Waals surface area contributed by atoms with Crippen LogP contribution < -0.4 is 10.6 Å². The zero-order valence-corrected chi connectivity index (χ0v) is 9.61. The number of ether oxygens (including phenoxy) is 1. The lowest BCUT2D eigenvalue weighted by Gasteiger charge is -2.25. The van der Waals surface area contributed by atoms with Gasteiger partial charge in [-0.1, -0.05) is 0 Å². The van der Waals surface area contributed by atoms with E-state index in [2.05, 4.69) is 10.6 Å². The van der Waals surface area contributed by atoms with Gasteiger partial charge in [-0.3, -0.25) is 0 Å². The number of carboxylic acids is 1. The Kier molecular flexibility index (Phi) is 5.76. The summed E-state index contributed by atoms with van der Waals surface area (Å²) < 4.78 is 4.89. The van der Waals surface area contributed by atoms with Gasteiger partial charge in [0.05, 0.1) is 18.7 Å². The Bertz CT molecular complexity index is 254. The first kappa shape index (κ1) is 14.7. The van der Waals surface area contributed by atoms with Gasteiger partial charge in [0.15, 0.2) is 6.10 Å². The number of aliphatic carboxylic acids is 1. The van der Waals surface area contributed by atoms with Crippen LogP contribution in [-0.2, 0) is 9.53 Å². The molecule has 4 N–H and O–H groups in total. The van der Waals surface area contributed by atoms with Crippen LogP contribution in [0.3, 0.4) is 0 Å². The van der Waals surface area contributed by atoms with Crippen LogP contribution in [0.5, 0.6) is 0 Å². The van der Waals surface area contributed by atoms with Crippen LogP contribution in [0.1, 0.15) is 13.8 Å². The van der Waals surface area contributed by atoms with Crippen molar-refractivity contribution in [3.8, 4) is 0 Å². The highest BCUT2D eigenvalue weighted by Crippen LogP contribution is 2.01. The molecule has 0 unspecified atom stereocenters. The van der Waals surface area contributed by atoms with Gasteiger partial charge in [-0.05, 0) is 13.8 Å². The van der Waals surface area contributed by atoms with E-state index in [1.807, 2.05) is 0 Å². The molecule has 7 nitrogen and oxygen atoms in total. The first-order valence-electron chi connectivity index (χ1n) is 4.74. The molecule has 0 bridgehead atoms. The maximum atomic E-state index is 11.3. The molecule has 16 heavy (non-hydrogen) atoms. The van der Waals surface area contributed by atoms with Gasteiger partial charge in [0.2, 0.25) is 0 Å². The number of carbonyl (C=O) groups excluding carboxylic acids is 1. The largest absolute Gasteiger partial charge is 0.479 e. The molecule has 94 valence electrons. The minimum absolute atomic E-state index is 0.321. The molecule has 0 spiro atoms. The number of hydrogen-bond donors (Lipinski definition) is 4. The molecule has 0 rings (SSSR count). The molecule has 0 radical (unpaired) electrons. The minimum atomic E-state index is -1.60. The standard InChI is InChI=1S/C9H18N2O5/c1-9(2,5-16-3)11-8(15)10-4-6(12)7(13)14/h6,12H,4-5H2,1-3H3,(H,13,14)(H2,10,11,15)/t6-/m0/s1. The predicted octanol–water partition coefficient (Wildman–Crippen LogP) is -0.844. The maximum absolute atomic E-state index is 11.3. The molecule has 0 heterocycles. The molecule has 0 aromatic carbocycles. The number of hydrogen-bond acceptors (Lipinski definition) is 4.